The molecule has 14 heavy (non-hydrogen) atoms. The highest BCUT2D eigenvalue weighted by Crippen LogP contribution is 2.28. The van der Waals surface area contributed by atoms with Gasteiger partial charge >= 0.3 is 0 Å². The van der Waals surface area contributed by atoms with Crippen molar-refractivity contribution in [3.8, 4) is 0 Å². The highest BCUT2D eigenvalue weighted by Gasteiger charge is 2.18. The molecule has 0 aromatic rings. The van der Waals surface area contributed by atoms with Crippen LogP contribution in [0.4, 0.5) is 0 Å². The Balaban J connectivity index is 2.25. The van der Waals surface area contributed by atoms with E-state index in [-0.39, 0.29) is 6.10 Å². The third-order valence-electron chi connectivity index (χ3n) is 3.08. The smallest absolute Gasteiger partial charge is 0.122 e. The van der Waals surface area contributed by atoms with Crippen LogP contribution in [0, 0.1) is 5.92 Å². The van der Waals surface area contributed by atoms with Crippen molar-refractivity contribution in [1.29, 1.82) is 0 Å². The quantitative estimate of drug-likeness (QED) is 0.613. The average molecular weight is 198 g/mol. The fourth-order valence-corrected chi connectivity index (χ4v) is 2.37. The first-order chi connectivity index (χ1) is 6.86. The summed E-state index contributed by atoms with van der Waals surface area (Å²) in [7, 11) is 0. The number of carbonyl (C=O) groups excluding carboxylic acids is 1. The molecule has 0 heterocycles. The first-order valence-electron chi connectivity index (χ1n) is 5.92. The van der Waals surface area contributed by atoms with Crippen LogP contribution in [0.25, 0.3) is 0 Å². The van der Waals surface area contributed by atoms with Gasteiger partial charge in [0.1, 0.15) is 6.29 Å². The maximum Gasteiger partial charge on any atom is 0.122 e. The summed E-state index contributed by atoms with van der Waals surface area (Å²) in [5.41, 5.74) is 0. The molecule has 0 spiro atoms. The number of aldehydes is 1. The van der Waals surface area contributed by atoms with Crippen molar-refractivity contribution < 1.29 is 9.53 Å². The predicted octanol–water partition coefficient (Wildman–Crippen LogP) is 2.95. The summed E-state index contributed by atoms with van der Waals surface area (Å²) in [6.07, 6.45) is 9.63. The zero-order chi connectivity index (χ0) is 10.2. The molecule has 0 saturated heterocycles. The minimum absolute atomic E-state index is 0.181. The Bertz CT molecular complexity index is 150. The fourth-order valence-electron chi connectivity index (χ4n) is 2.37. The minimum Gasteiger partial charge on any atom is -0.378 e. The molecule has 82 valence electrons. The van der Waals surface area contributed by atoms with Crippen LogP contribution >= 0.6 is 0 Å². The highest BCUT2D eigenvalue weighted by atomic mass is 16.5. The standard InChI is InChI=1S/C12H22O2/c1-2-14-12(8-9-13)10-11-6-4-3-5-7-11/h9,11-12H,2-8,10H2,1H3. The second-order valence-corrected chi connectivity index (χ2v) is 4.22. The van der Waals surface area contributed by atoms with Gasteiger partial charge in [0.25, 0.3) is 0 Å². The van der Waals surface area contributed by atoms with Crippen molar-refractivity contribution in [2.45, 2.75) is 58.0 Å². The maximum absolute atomic E-state index is 10.5. The van der Waals surface area contributed by atoms with Gasteiger partial charge in [-0.05, 0) is 19.3 Å². The van der Waals surface area contributed by atoms with Crippen molar-refractivity contribution in [3.63, 3.8) is 0 Å². The van der Waals surface area contributed by atoms with Crippen molar-refractivity contribution in [2.75, 3.05) is 6.61 Å². The zero-order valence-electron chi connectivity index (χ0n) is 9.21. The first kappa shape index (κ1) is 11.7. The lowest BCUT2D eigenvalue weighted by Gasteiger charge is -2.25. The summed E-state index contributed by atoms with van der Waals surface area (Å²) in [5.74, 6) is 0.806. The molecule has 0 aliphatic heterocycles. The Morgan fingerprint density at radius 2 is 2.07 bits per heavy atom. The Labute approximate surface area is 87.0 Å². The molecule has 0 amide bonds. The van der Waals surface area contributed by atoms with Gasteiger partial charge in [-0.3, -0.25) is 0 Å². The molecule has 1 fully saturated rings. The lowest BCUT2D eigenvalue weighted by molar-refractivity contribution is -0.110. The van der Waals surface area contributed by atoms with E-state index >= 15 is 0 Å². The van der Waals surface area contributed by atoms with Crippen molar-refractivity contribution in [3.05, 3.63) is 0 Å². The monoisotopic (exact) mass is 198 g/mol. The van der Waals surface area contributed by atoms with Crippen LogP contribution in [0.5, 0.6) is 0 Å². The average Bonchev–Trinajstić information content (AvgIpc) is 2.20. The third-order valence-corrected chi connectivity index (χ3v) is 3.08. The van der Waals surface area contributed by atoms with Crippen molar-refractivity contribution >= 4 is 6.29 Å². The van der Waals surface area contributed by atoms with Crippen LogP contribution in [-0.2, 0) is 9.53 Å². The lowest BCUT2D eigenvalue weighted by Crippen LogP contribution is -2.20. The van der Waals surface area contributed by atoms with Gasteiger partial charge in [-0.1, -0.05) is 32.1 Å². The van der Waals surface area contributed by atoms with E-state index in [4.69, 9.17) is 4.74 Å². The molecule has 1 unspecified atom stereocenters. The van der Waals surface area contributed by atoms with Crippen LogP contribution in [-0.4, -0.2) is 19.0 Å². The fraction of sp³-hybridized carbons (Fsp3) is 0.917. The SMILES string of the molecule is CCOC(CC=O)CC1CCCCC1. The molecule has 1 saturated carbocycles. The number of hydrogen-bond acceptors (Lipinski definition) is 2. The van der Waals surface area contributed by atoms with Crippen molar-refractivity contribution in [2.24, 2.45) is 5.92 Å². The minimum atomic E-state index is 0.181. The molecular weight excluding hydrogens is 176 g/mol. The van der Waals surface area contributed by atoms with E-state index in [2.05, 4.69) is 0 Å². The second kappa shape index (κ2) is 6.99. The van der Waals surface area contributed by atoms with E-state index in [1.54, 1.807) is 0 Å². The lowest BCUT2D eigenvalue weighted by atomic mass is 9.85. The molecule has 1 atom stereocenters. The number of carbonyl (C=O) groups is 1. The summed E-state index contributed by atoms with van der Waals surface area (Å²) in [5, 5.41) is 0. The Morgan fingerprint density at radius 1 is 1.36 bits per heavy atom. The Hall–Kier alpha value is -0.370. The van der Waals surface area contributed by atoms with Gasteiger partial charge < -0.3 is 9.53 Å². The molecule has 2 heteroatoms. The Kier molecular flexibility index (Phi) is 5.85. The van der Waals surface area contributed by atoms with E-state index in [0.717, 1.165) is 25.2 Å². The van der Waals surface area contributed by atoms with Gasteiger partial charge in [-0.25, -0.2) is 0 Å². The summed E-state index contributed by atoms with van der Waals surface area (Å²) in [4.78, 5) is 10.5. The molecule has 1 aliphatic carbocycles. The van der Waals surface area contributed by atoms with Crippen LogP contribution in [0.15, 0.2) is 0 Å². The van der Waals surface area contributed by atoms with Gasteiger partial charge in [-0.15, -0.1) is 0 Å². The van der Waals surface area contributed by atoms with E-state index in [1.807, 2.05) is 6.92 Å². The van der Waals surface area contributed by atoms with E-state index in [9.17, 15) is 4.79 Å². The summed E-state index contributed by atoms with van der Waals surface area (Å²) in [6.45, 7) is 2.73. The maximum atomic E-state index is 10.5. The van der Waals surface area contributed by atoms with E-state index in [0.29, 0.717) is 6.42 Å². The van der Waals surface area contributed by atoms with Gasteiger partial charge in [-0.2, -0.15) is 0 Å². The first-order valence-corrected chi connectivity index (χ1v) is 5.92. The molecule has 0 N–H and O–H groups in total. The van der Waals surface area contributed by atoms with Gasteiger partial charge in [0.05, 0.1) is 6.10 Å². The summed E-state index contributed by atoms with van der Waals surface area (Å²) < 4.78 is 5.55. The van der Waals surface area contributed by atoms with Crippen LogP contribution in [0.1, 0.15) is 51.9 Å². The topological polar surface area (TPSA) is 26.3 Å². The Morgan fingerprint density at radius 3 is 2.64 bits per heavy atom. The summed E-state index contributed by atoms with van der Waals surface area (Å²) in [6, 6.07) is 0. The highest BCUT2D eigenvalue weighted by molar-refractivity contribution is 5.50. The third kappa shape index (κ3) is 4.23. The molecule has 2 nitrogen and oxygen atoms in total. The molecule has 0 aromatic heterocycles. The zero-order valence-corrected chi connectivity index (χ0v) is 9.21. The van der Waals surface area contributed by atoms with Gasteiger partial charge in [0.2, 0.25) is 0 Å². The molecular formula is C12H22O2. The van der Waals surface area contributed by atoms with Crippen molar-refractivity contribution in [1.82, 2.24) is 0 Å². The van der Waals surface area contributed by atoms with E-state index < -0.39 is 0 Å². The van der Waals surface area contributed by atoms with Crippen LogP contribution < -0.4 is 0 Å². The molecule has 0 aromatic carbocycles. The number of rotatable bonds is 6. The van der Waals surface area contributed by atoms with Gasteiger partial charge in [0, 0.05) is 13.0 Å². The second-order valence-electron chi connectivity index (χ2n) is 4.22. The summed E-state index contributed by atoms with van der Waals surface area (Å²) >= 11 is 0. The van der Waals surface area contributed by atoms with Crippen LogP contribution in [0.3, 0.4) is 0 Å². The number of ether oxygens (including phenoxy) is 1. The normalized spacial score (nSPS) is 20.6. The number of hydrogen-bond donors (Lipinski definition) is 0. The molecule has 0 radical (unpaired) electrons. The molecule has 1 aliphatic rings. The largest absolute Gasteiger partial charge is 0.378 e. The molecule has 0 bridgehead atoms. The predicted molar refractivity (Wildman–Crippen MR) is 57.3 cm³/mol. The molecule has 1 rings (SSSR count). The van der Waals surface area contributed by atoms with E-state index in [1.165, 1.54) is 32.1 Å². The van der Waals surface area contributed by atoms with Gasteiger partial charge in [0.15, 0.2) is 0 Å². The van der Waals surface area contributed by atoms with Crippen LogP contribution in [0.2, 0.25) is 0 Å².